The molecule has 0 aliphatic rings. The molecule has 0 heterocycles. The monoisotopic (exact) mass is 238 g/mol. The third kappa shape index (κ3) is 3.20. The summed E-state index contributed by atoms with van der Waals surface area (Å²) in [5, 5.41) is 0. The summed E-state index contributed by atoms with van der Waals surface area (Å²) in [6.07, 6.45) is 0.523. The minimum Gasteiger partial charge on any atom is -0.224 e. The Hall–Kier alpha value is -1.09. The van der Waals surface area contributed by atoms with Crippen molar-refractivity contribution in [3.05, 3.63) is 41.5 Å². The predicted octanol–water partition coefficient (Wildman–Crippen LogP) is 3.04. The molecule has 0 radical (unpaired) electrons. The van der Waals surface area contributed by atoms with Crippen LogP contribution in [0.3, 0.4) is 0 Å². The zero-order valence-corrected chi connectivity index (χ0v) is 10.9. The quantitative estimate of drug-likeness (QED) is 0.756. The highest BCUT2D eigenvalue weighted by molar-refractivity contribution is 7.91. The molecule has 0 unspecified atom stereocenters. The van der Waals surface area contributed by atoms with Crippen molar-refractivity contribution in [1.29, 1.82) is 0 Å². The van der Waals surface area contributed by atoms with Gasteiger partial charge in [0.1, 0.15) is 0 Å². The molecule has 1 aromatic rings. The number of benzene rings is 1. The van der Waals surface area contributed by atoms with Crippen LogP contribution in [0.5, 0.6) is 0 Å². The van der Waals surface area contributed by atoms with Gasteiger partial charge in [0.25, 0.3) is 0 Å². The summed E-state index contributed by atoms with van der Waals surface area (Å²) in [5.74, 6) is 0.144. The van der Waals surface area contributed by atoms with E-state index in [1.54, 1.807) is 12.1 Å². The lowest BCUT2D eigenvalue weighted by molar-refractivity contribution is 0.595. The van der Waals surface area contributed by atoms with Gasteiger partial charge in [0.2, 0.25) is 0 Å². The molecule has 88 valence electrons. The molecular formula is C13H18O2S. The molecule has 0 amide bonds. The second-order valence-electron chi connectivity index (χ2n) is 4.27. The summed E-state index contributed by atoms with van der Waals surface area (Å²) in [4.78, 5) is 0.414. The third-order valence-electron chi connectivity index (χ3n) is 2.64. The normalized spacial score (nSPS) is 11.4. The zero-order valence-electron chi connectivity index (χ0n) is 10.1. The van der Waals surface area contributed by atoms with E-state index in [9.17, 15) is 8.42 Å². The van der Waals surface area contributed by atoms with Crippen molar-refractivity contribution < 1.29 is 8.42 Å². The van der Waals surface area contributed by atoms with Crippen LogP contribution in [0, 0.1) is 13.8 Å². The Kier molecular flexibility index (Phi) is 3.92. The van der Waals surface area contributed by atoms with Crippen LogP contribution >= 0.6 is 0 Å². The zero-order chi connectivity index (χ0) is 12.3. The number of rotatable bonds is 4. The van der Waals surface area contributed by atoms with Crippen molar-refractivity contribution in [2.75, 3.05) is 5.75 Å². The lowest BCUT2D eigenvalue weighted by Gasteiger charge is -2.06. The number of hydrogen-bond acceptors (Lipinski definition) is 2. The van der Waals surface area contributed by atoms with Gasteiger partial charge in [-0.1, -0.05) is 11.6 Å². The first-order valence-electron chi connectivity index (χ1n) is 5.27. The first kappa shape index (κ1) is 13.0. The Morgan fingerprint density at radius 3 is 2.38 bits per heavy atom. The fourth-order valence-corrected chi connectivity index (χ4v) is 2.82. The Labute approximate surface area is 97.9 Å². The largest absolute Gasteiger partial charge is 0.224 e. The van der Waals surface area contributed by atoms with Crippen molar-refractivity contribution in [2.24, 2.45) is 0 Å². The fraction of sp³-hybridized carbons (Fsp3) is 0.385. The first-order chi connectivity index (χ1) is 7.33. The predicted molar refractivity (Wildman–Crippen MR) is 67.4 cm³/mol. The summed E-state index contributed by atoms with van der Waals surface area (Å²) in [6.45, 7) is 9.46. The van der Waals surface area contributed by atoms with Gasteiger partial charge in [-0.05, 0) is 50.5 Å². The second-order valence-corrected chi connectivity index (χ2v) is 6.38. The van der Waals surface area contributed by atoms with Crippen molar-refractivity contribution in [2.45, 2.75) is 32.1 Å². The molecule has 2 nitrogen and oxygen atoms in total. The average Bonchev–Trinajstić information content (AvgIpc) is 2.19. The molecule has 1 rings (SSSR count). The van der Waals surface area contributed by atoms with Crippen LogP contribution in [0.2, 0.25) is 0 Å². The standard InChI is InChI=1S/C13H18O2S/c1-10(2)7-8-16(14,15)13-6-5-11(3)12(4)9-13/h5-6,9H,1,7-8H2,2-4H3. The van der Waals surface area contributed by atoms with E-state index in [1.165, 1.54) is 0 Å². The molecule has 0 saturated carbocycles. The van der Waals surface area contributed by atoms with Crippen molar-refractivity contribution >= 4 is 9.84 Å². The second kappa shape index (κ2) is 4.83. The van der Waals surface area contributed by atoms with E-state index < -0.39 is 9.84 Å². The Bertz CT molecular complexity index is 499. The number of hydrogen-bond donors (Lipinski definition) is 0. The molecule has 0 saturated heterocycles. The SMILES string of the molecule is C=C(C)CCS(=O)(=O)c1ccc(C)c(C)c1. The van der Waals surface area contributed by atoms with Crippen LogP contribution in [0.1, 0.15) is 24.5 Å². The molecule has 1 aromatic carbocycles. The smallest absolute Gasteiger partial charge is 0.178 e. The van der Waals surface area contributed by atoms with Crippen LogP contribution in [0.25, 0.3) is 0 Å². The average molecular weight is 238 g/mol. The van der Waals surface area contributed by atoms with Crippen LogP contribution in [-0.4, -0.2) is 14.2 Å². The molecule has 0 N–H and O–H groups in total. The summed E-state index contributed by atoms with van der Waals surface area (Å²) in [7, 11) is -3.16. The lowest BCUT2D eigenvalue weighted by Crippen LogP contribution is -2.07. The highest BCUT2D eigenvalue weighted by Crippen LogP contribution is 2.17. The Morgan fingerprint density at radius 1 is 1.25 bits per heavy atom. The number of allylic oxidation sites excluding steroid dienone is 1. The third-order valence-corrected chi connectivity index (χ3v) is 4.35. The van der Waals surface area contributed by atoms with Gasteiger partial charge in [-0.25, -0.2) is 8.42 Å². The van der Waals surface area contributed by atoms with E-state index in [1.807, 2.05) is 26.8 Å². The van der Waals surface area contributed by atoms with Crippen LogP contribution in [0.15, 0.2) is 35.2 Å². The van der Waals surface area contributed by atoms with Crippen LogP contribution < -0.4 is 0 Å². The molecule has 0 aliphatic carbocycles. The van der Waals surface area contributed by atoms with E-state index in [2.05, 4.69) is 6.58 Å². The number of sulfone groups is 1. The minimum absolute atomic E-state index is 0.144. The molecule has 0 bridgehead atoms. The van der Waals surface area contributed by atoms with Crippen LogP contribution in [-0.2, 0) is 9.84 Å². The molecule has 3 heteroatoms. The maximum absolute atomic E-state index is 12.0. The number of aryl methyl sites for hydroxylation is 2. The molecule has 0 aliphatic heterocycles. The Morgan fingerprint density at radius 2 is 1.88 bits per heavy atom. The molecule has 0 fully saturated rings. The summed E-state index contributed by atoms with van der Waals surface area (Å²) < 4.78 is 23.9. The van der Waals surface area contributed by atoms with Gasteiger partial charge >= 0.3 is 0 Å². The lowest BCUT2D eigenvalue weighted by atomic mass is 10.1. The van der Waals surface area contributed by atoms with Gasteiger partial charge in [0, 0.05) is 0 Å². The van der Waals surface area contributed by atoms with Gasteiger partial charge < -0.3 is 0 Å². The van der Waals surface area contributed by atoms with Gasteiger partial charge in [0.15, 0.2) is 9.84 Å². The minimum atomic E-state index is -3.16. The molecule has 0 spiro atoms. The first-order valence-corrected chi connectivity index (χ1v) is 6.92. The van der Waals surface area contributed by atoms with Gasteiger partial charge in [-0.2, -0.15) is 0 Å². The van der Waals surface area contributed by atoms with Gasteiger partial charge in [-0.3, -0.25) is 0 Å². The molecule has 16 heavy (non-hydrogen) atoms. The highest BCUT2D eigenvalue weighted by atomic mass is 32.2. The van der Waals surface area contributed by atoms with Crippen molar-refractivity contribution in [1.82, 2.24) is 0 Å². The highest BCUT2D eigenvalue weighted by Gasteiger charge is 2.14. The van der Waals surface area contributed by atoms with Crippen molar-refractivity contribution in [3.63, 3.8) is 0 Å². The fourth-order valence-electron chi connectivity index (χ4n) is 1.33. The molecular weight excluding hydrogens is 220 g/mol. The van der Waals surface area contributed by atoms with Crippen molar-refractivity contribution in [3.8, 4) is 0 Å². The van der Waals surface area contributed by atoms with E-state index >= 15 is 0 Å². The van der Waals surface area contributed by atoms with Gasteiger partial charge in [-0.15, -0.1) is 6.58 Å². The van der Waals surface area contributed by atoms with E-state index in [0.717, 1.165) is 16.7 Å². The maximum atomic E-state index is 12.0. The summed E-state index contributed by atoms with van der Waals surface area (Å²) in [5.41, 5.74) is 3.02. The van der Waals surface area contributed by atoms with E-state index in [-0.39, 0.29) is 5.75 Å². The topological polar surface area (TPSA) is 34.1 Å². The molecule has 0 atom stereocenters. The summed E-state index contributed by atoms with van der Waals surface area (Å²) in [6, 6.07) is 5.27. The van der Waals surface area contributed by atoms with Gasteiger partial charge in [0.05, 0.1) is 10.6 Å². The summed E-state index contributed by atoms with van der Waals surface area (Å²) >= 11 is 0. The molecule has 0 aromatic heterocycles. The van der Waals surface area contributed by atoms with Crippen LogP contribution in [0.4, 0.5) is 0 Å². The Balaban J connectivity index is 2.99. The maximum Gasteiger partial charge on any atom is 0.178 e. The van der Waals surface area contributed by atoms with E-state index in [0.29, 0.717) is 11.3 Å². The van der Waals surface area contributed by atoms with E-state index in [4.69, 9.17) is 0 Å².